The minimum Gasteiger partial charge on any atom is -0.385 e. The van der Waals surface area contributed by atoms with Crippen LogP contribution in [0.15, 0.2) is 6.20 Å². The van der Waals surface area contributed by atoms with Crippen molar-refractivity contribution in [1.82, 2.24) is 9.88 Å². The lowest BCUT2D eigenvalue weighted by Crippen LogP contribution is -2.09. The molecule has 13 heavy (non-hydrogen) atoms. The SMILES string of the molecule is CN(C)Cc1cnc(C(O)CCl)s1. The average Bonchev–Trinajstić information content (AvgIpc) is 2.50. The summed E-state index contributed by atoms with van der Waals surface area (Å²) < 4.78 is 0. The van der Waals surface area contributed by atoms with E-state index in [1.165, 1.54) is 11.3 Å². The number of hydrogen-bond acceptors (Lipinski definition) is 4. The van der Waals surface area contributed by atoms with E-state index in [-0.39, 0.29) is 5.88 Å². The molecule has 1 atom stereocenters. The molecule has 0 bridgehead atoms. The number of thiazole rings is 1. The van der Waals surface area contributed by atoms with Gasteiger partial charge in [-0.2, -0.15) is 0 Å². The number of aromatic nitrogens is 1. The molecule has 3 nitrogen and oxygen atoms in total. The number of halogens is 1. The molecule has 1 heterocycles. The number of hydrogen-bond donors (Lipinski definition) is 1. The summed E-state index contributed by atoms with van der Waals surface area (Å²) >= 11 is 7.01. The van der Waals surface area contributed by atoms with Crippen molar-refractivity contribution < 1.29 is 5.11 Å². The third-order valence-electron chi connectivity index (χ3n) is 1.47. The number of nitrogens with zero attached hydrogens (tertiary/aromatic N) is 2. The van der Waals surface area contributed by atoms with Gasteiger partial charge in [-0.15, -0.1) is 22.9 Å². The number of alkyl halides is 1. The summed E-state index contributed by atoms with van der Waals surface area (Å²) in [4.78, 5) is 7.30. The van der Waals surface area contributed by atoms with Gasteiger partial charge >= 0.3 is 0 Å². The van der Waals surface area contributed by atoms with E-state index in [0.717, 1.165) is 11.4 Å². The van der Waals surface area contributed by atoms with Crippen LogP contribution in [0.3, 0.4) is 0 Å². The van der Waals surface area contributed by atoms with Crippen LogP contribution in [0.1, 0.15) is 16.0 Å². The molecule has 0 amide bonds. The van der Waals surface area contributed by atoms with E-state index in [0.29, 0.717) is 5.01 Å². The van der Waals surface area contributed by atoms with Crippen molar-refractivity contribution in [3.63, 3.8) is 0 Å². The molecule has 0 aliphatic rings. The van der Waals surface area contributed by atoms with Gasteiger partial charge < -0.3 is 10.0 Å². The number of aliphatic hydroxyl groups is 1. The van der Waals surface area contributed by atoms with Crippen LogP contribution >= 0.6 is 22.9 Å². The Morgan fingerprint density at radius 2 is 2.38 bits per heavy atom. The van der Waals surface area contributed by atoms with Gasteiger partial charge in [-0.05, 0) is 14.1 Å². The van der Waals surface area contributed by atoms with Crippen molar-refractivity contribution in [3.05, 3.63) is 16.1 Å². The van der Waals surface area contributed by atoms with Crippen molar-refractivity contribution in [2.24, 2.45) is 0 Å². The summed E-state index contributed by atoms with van der Waals surface area (Å²) in [5.41, 5.74) is 0. The summed E-state index contributed by atoms with van der Waals surface area (Å²) in [6.45, 7) is 0.854. The van der Waals surface area contributed by atoms with Gasteiger partial charge in [0.2, 0.25) is 0 Å². The Labute approximate surface area is 87.0 Å². The average molecular weight is 221 g/mol. The lowest BCUT2D eigenvalue weighted by Gasteiger charge is -2.05. The summed E-state index contributed by atoms with van der Waals surface area (Å²) in [7, 11) is 3.99. The first-order valence-corrected chi connectivity index (χ1v) is 5.32. The van der Waals surface area contributed by atoms with E-state index >= 15 is 0 Å². The Morgan fingerprint density at radius 3 is 2.92 bits per heavy atom. The number of aliphatic hydroxyl groups excluding tert-OH is 1. The smallest absolute Gasteiger partial charge is 0.123 e. The summed E-state index contributed by atoms with van der Waals surface area (Å²) in [5.74, 6) is 0.203. The Morgan fingerprint density at radius 1 is 1.69 bits per heavy atom. The molecule has 0 aliphatic heterocycles. The molecule has 1 aromatic heterocycles. The highest BCUT2D eigenvalue weighted by Gasteiger charge is 2.10. The molecule has 1 N–H and O–H groups in total. The van der Waals surface area contributed by atoms with Gasteiger partial charge in [-0.25, -0.2) is 4.98 Å². The van der Waals surface area contributed by atoms with E-state index in [2.05, 4.69) is 9.88 Å². The van der Waals surface area contributed by atoms with E-state index in [9.17, 15) is 5.11 Å². The first-order valence-electron chi connectivity index (χ1n) is 3.97. The van der Waals surface area contributed by atoms with Crippen molar-refractivity contribution in [1.29, 1.82) is 0 Å². The number of rotatable bonds is 4. The van der Waals surface area contributed by atoms with Gasteiger partial charge in [0.25, 0.3) is 0 Å². The predicted octanol–water partition coefficient (Wildman–Crippen LogP) is 1.48. The first kappa shape index (κ1) is 10.9. The molecule has 74 valence electrons. The summed E-state index contributed by atoms with van der Waals surface area (Å²) in [6, 6.07) is 0. The second kappa shape index (κ2) is 4.91. The quantitative estimate of drug-likeness (QED) is 0.781. The van der Waals surface area contributed by atoms with Gasteiger partial charge in [-0.3, -0.25) is 0 Å². The maximum atomic E-state index is 9.38. The molecule has 1 rings (SSSR count). The highest BCUT2D eigenvalue weighted by Crippen LogP contribution is 2.21. The molecular weight excluding hydrogens is 208 g/mol. The van der Waals surface area contributed by atoms with Crippen LogP contribution in [0.25, 0.3) is 0 Å². The normalized spacial score (nSPS) is 13.6. The van der Waals surface area contributed by atoms with E-state index in [1.54, 1.807) is 6.20 Å². The van der Waals surface area contributed by atoms with E-state index in [4.69, 9.17) is 11.6 Å². The van der Waals surface area contributed by atoms with Crippen molar-refractivity contribution >= 4 is 22.9 Å². The standard InChI is InChI=1S/C8H13ClN2OS/c1-11(2)5-6-4-10-8(13-6)7(12)3-9/h4,7,12H,3,5H2,1-2H3. The Kier molecular flexibility index (Phi) is 4.12. The van der Waals surface area contributed by atoms with Crippen molar-refractivity contribution in [2.45, 2.75) is 12.6 Å². The fourth-order valence-corrected chi connectivity index (χ4v) is 2.19. The zero-order valence-corrected chi connectivity index (χ0v) is 9.27. The molecule has 1 aromatic rings. The van der Waals surface area contributed by atoms with E-state index in [1.807, 2.05) is 14.1 Å². The van der Waals surface area contributed by atoms with Crippen LogP contribution < -0.4 is 0 Å². The molecule has 0 saturated carbocycles. The zero-order valence-electron chi connectivity index (χ0n) is 7.70. The van der Waals surface area contributed by atoms with Gasteiger partial charge in [0.05, 0.1) is 5.88 Å². The highest BCUT2D eigenvalue weighted by atomic mass is 35.5. The molecule has 0 saturated heterocycles. The second-order valence-corrected chi connectivity index (χ2v) is 4.53. The lowest BCUT2D eigenvalue weighted by atomic mass is 10.4. The topological polar surface area (TPSA) is 36.4 Å². The minimum atomic E-state index is -0.623. The van der Waals surface area contributed by atoms with Crippen LogP contribution in [0.5, 0.6) is 0 Å². The molecule has 0 radical (unpaired) electrons. The monoisotopic (exact) mass is 220 g/mol. The molecule has 0 aromatic carbocycles. The third kappa shape index (κ3) is 3.23. The van der Waals surface area contributed by atoms with Crippen LogP contribution in [0.2, 0.25) is 0 Å². The van der Waals surface area contributed by atoms with Crippen LogP contribution in [-0.2, 0) is 6.54 Å². The van der Waals surface area contributed by atoms with Gasteiger partial charge in [0.15, 0.2) is 0 Å². The Bertz CT molecular complexity index is 264. The van der Waals surface area contributed by atoms with E-state index < -0.39 is 6.10 Å². The van der Waals surface area contributed by atoms with Crippen LogP contribution in [0.4, 0.5) is 0 Å². The summed E-state index contributed by atoms with van der Waals surface area (Å²) in [5, 5.41) is 10.1. The maximum absolute atomic E-state index is 9.38. The highest BCUT2D eigenvalue weighted by molar-refractivity contribution is 7.11. The minimum absolute atomic E-state index is 0.203. The van der Waals surface area contributed by atoms with Crippen molar-refractivity contribution in [3.8, 4) is 0 Å². The van der Waals surface area contributed by atoms with Gasteiger partial charge in [-0.1, -0.05) is 0 Å². The van der Waals surface area contributed by atoms with Crippen LogP contribution in [0, 0.1) is 0 Å². The molecule has 0 spiro atoms. The fourth-order valence-electron chi connectivity index (χ4n) is 0.927. The third-order valence-corrected chi connectivity index (χ3v) is 2.85. The maximum Gasteiger partial charge on any atom is 0.123 e. The van der Waals surface area contributed by atoms with Crippen LogP contribution in [-0.4, -0.2) is 35.0 Å². The molecule has 1 unspecified atom stereocenters. The molecular formula is C8H13ClN2OS. The second-order valence-electron chi connectivity index (χ2n) is 3.07. The van der Waals surface area contributed by atoms with Gasteiger partial charge in [0.1, 0.15) is 11.1 Å². The first-order chi connectivity index (χ1) is 6.13. The zero-order chi connectivity index (χ0) is 9.84. The van der Waals surface area contributed by atoms with Crippen molar-refractivity contribution in [2.75, 3.05) is 20.0 Å². The lowest BCUT2D eigenvalue weighted by molar-refractivity contribution is 0.202. The Hall–Kier alpha value is -0.160. The molecule has 0 aliphatic carbocycles. The fraction of sp³-hybridized carbons (Fsp3) is 0.625. The largest absolute Gasteiger partial charge is 0.385 e. The molecule has 0 fully saturated rings. The molecule has 5 heteroatoms. The predicted molar refractivity (Wildman–Crippen MR) is 55.2 cm³/mol. The summed E-state index contributed by atoms with van der Waals surface area (Å²) in [6.07, 6.45) is 1.16. The Balaban J connectivity index is 2.63. The van der Waals surface area contributed by atoms with Gasteiger partial charge in [0, 0.05) is 17.6 Å².